The lowest BCUT2D eigenvalue weighted by atomic mass is 10.1. The molecular weight excluding hydrogens is 286 g/mol. The largest absolute Gasteiger partial charge is 0.255 e. The van der Waals surface area contributed by atoms with Crippen LogP contribution in [0, 0.1) is 0 Å². The zero-order chi connectivity index (χ0) is 13.7. The molecule has 0 amide bonds. The number of hydrogen-bond donors (Lipinski definition) is 1. The van der Waals surface area contributed by atoms with Crippen LogP contribution in [0.2, 0.25) is 0 Å². The Morgan fingerprint density at radius 1 is 0.737 bits per heavy atom. The van der Waals surface area contributed by atoms with Crippen molar-refractivity contribution >= 4 is 20.0 Å². The van der Waals surface area contributed by atoms with E-state index in [-0.39, 0.29) is 9.79 Å². The zero-order valence-corrected chi connectivity index (χ0v) is 11.2. The summed E-state index contributed by atoms with van der Waals surface area (Å²) < 4.78 is 49.2. The average molecular weight is 295 g/mol. The molecule has 98 valence electrons. The van der Waals surface area contributed by atoms with E-state index in [1.807, 2.05) is 0 Å². The molecular formula is C12H9NO4S2. The number of fused-ring (bicyclic) bond motifs is 1. The molecule has 1 aliphatic rings. The summed E-state index contributed by atoms with van der Waals surface area (Å²) in [5, 5.41) is 0. The Morgan fingerprint density at radius 2 is 1.42 bits per heavy atom. The van der Waals surface area contributed by atoms with Gasteiger partial charge in [0.1, 0.15) is 9.79 Å². The van der Waals surface area contributed by atoms with Gasteiger partial charge in [0.2, 0.25) is 0 Å². The second kappa shape index (κ2) is 3.89. The highest BCUT2D eigenvalue weighted by Gasteiger charge is 2.40. The molecule has 3 rings (SSSR count). The summed E-state index contributed by atoms with van der Waals surface area (Å²) in [5.41, 5.74) is 1.04. The van der Waals surface area contributed by atoms with E-state index >= 15 is 0 Å². The van der Waals surface area contributed by atoms with Gasteiger partial charge >= 0.3 is 0 Å². The quantitative estimate of drug-likeness (QED) is 0.860. The Bertz CT molecular complexity index is 856. The van der Waals surface area contributed by atoms with Crippen LogP contribution in [0.1, 0.15) is 0 Å². The van der Waals surface area contributed by atoms with Gasteiger partial charge in [-0.1, -0.05) is 42.5 Å². The van der Waals surface area contributed by atoms with E-state index in [0.717, 1.165) is 0 Å². The average Bonchev–Trinajstić information content (AvgIpc) is 2.56. The van der Waals surface area contributed by atoms with Gasteiger partial charge in [0.05, 0.1) is 0 Å². The van der Waals surface area contributed by atoms with Gasteiger partial charge in [0, 0.05) is 5.56 Å². The number of rotatable bonds is 1. The molecule has 0 saturated heterocycles. The fourth-order valence-electron chi connectivity index (χ4n) is 2.08. The molecule has 2 aromatic rings. The molecule has 0 spiro atoms. The van der Waals surface area contributed by atoms with Gasteiger partial charge in [-0.3, -0.25) is 0 Å². The maximum Gasteiger partial charge on any atom is 0.255 e. The molecule has 0 radical (unpaired) electrons. The number of sulfonamides is 2. The molecule has 1 N–H and O–H groups in total. The third-order valence-corrected chi connectivity index (χ3v) is 6.62. The molecule has 7 heteroatoms. The minimum absolute atomic E-state index is 0.179. The Morgan fingerprint density at radius 3 is 2.11 bits per heavy atom. The maximum atomic E-state index is 12.0. The van der Waals surface area contributed by atoms with E-state index < -0.39 is 20.0 Å². The van der Waals surface area contributed by atoms with Gasteiger partial charge in [0.15, 0.2) is 0 Å². The van der Waals surface area contributed by atoms with Crippen molar-refractivity contribution in [1.82, 2.24) is 4.13 Å². The van der Waals surface area contributed by atoms with Gasteiger partial charge in [-0.05, 0) is 11.6 Å². The first-order valence-corrected chi connectivity index (χ1v) is 8.35. The molecule has 0 unspecified atom stereocenters. The standard InChI is InChI=1S/C12H9NO4S2/c14-18(15)11-8-4-7-10(9-5-2-1-3-6-9)12(11)19(16,17)13-18/h1-8,13H. The van der Waals surface area contributed by atoms with Crippen molar-refractivity contribution in [2.45, 2.75) is 9.79 Å². The minimum Gasteiger partial charge on any atom is -0.206 e. The predicted molar refractivity (Wildman–Crippen MR) is 69.4 cm³/mol. The number of nitrogens with one attached hydrogen (secondary N) is 1. The minimum atomic E-state index is -4.03. The normalized spacial score (nSPS) is 18.9. The smallest absolute Gasteiger partial charge is 0.206 e. The lowest BCUT2D eigenvalue weighted by Gasteiger charge is -2.05. The highest BCUT2D eigenvalue weighted by molar-refractivity contribution is 8.07. The first-order valence-electron chi connectivity index (χ1n) is 5.39. The zero-order valence-electron chi connectivity index (χ0n) is 9.57. The van der Waals surface area contributed by atoms with E-state index in [1.54, 1.807) is 40.5 Å². The van der Waals surface area contributed by atoms with Crippen molar-refractivity contribution in [3.8, 4) is 11.1 Å². The van der Waals surface area contributed by atoms with Crippen LogP contribution in [0.15, 0.2) is 58.3 Å². The molecule has 0 atom stereocenters. The molecule has 1 heterocycles. The maximum absolute atomic E-state index is 12.0. The highest BCUT2D eigenvalue weighted by atomic mass is 32.3. The van der Waals surface area contributed by atoms with Crippen LogP contribution < -0.4 is 4.13 Å². The summed E-state index contributed by atoms with van der Waals surface area (Å²) in [5.74, 6) is 0. The van der Waals surface area contributed by atoms with Crippen LogP contribution >= 0.6 is 0 Å². The van der Waals surface area contributed by atoms with Gasteiger partial charge < -0.3 is 0 Å². The van der Waals surface area contributed by atoms with Gasteiger partial charge in [-0.25, -0.2) is 16.8 Å². The van der Waals surface area contributed by atoms with Gasteiger partial charge in [-0.15, -0.1) is 4.13 Å². The molecule has 0 fully saturated rings. The molecule has 2 aromatic carbocycles. The summed E-state index contributed by atoms with van der Waals surface area (Å²) >= 11 is 0. The highest BCUT2D eigenvalue weighted by Crippen LogP contribution is 2.36. The third kappa shape index (κ3) is 1.86. The lowest BCUT2D eigenvalue weighted by Crippen LogP contribution is -2.21. The Labute approximate surface area is 111 Å². The molecule has 5 nitrogen and oxygen atoms in total. The summed E-state index contributed by atoms with van der Waals surface area (Å²) in [6, 6.07) is 13.2. The van der Waals surface area contributed by atoms with Crippen molar-refractivity contribution in [1.29, 1.82) is 0 Å². The van der Waals surface area contributed by atoms with Crippen LogP contribution in [0.5, 0.6) is 0 Å². The Kier molecular flexibility index (Phi) is 2.53. The van der Waals surface area contributed by atoms with E-state index in [9.17, 15) is 16.8 Å². The van der Waals surface area contributed by atoms with Crippen LogP contribution in [0.3, 0.4) is 0 Å². The topological polar surface area (TPSA) is 80.3 Å². The molecule has 0 saturated carbocycles. The van der Waals surface area contributed by atoms with Crippen molar-refractivity contribution in [3.63, 3.8) is 0 Å². The SMILES string of the molecule is O=S1(=O)NS(=O)(=O)c2c(-c3ccccc3)cccc21. The summed E-state index contributed by atoms with van der Waals surface area (Å²) in [4.78, 5) is -0.380. The van der Waals surface area contributed by atoms with Crippen molar-refractivity contribution < 1.29 is 16.8 Å². The lowest BCUT2D eigenvalue weighted by molar-refractivity contribution is 0.586. The third-order valence-electron chi connectivity index (χ3n) is 2.84. The number of benzene rings is 2. The molecule has 19 heavy (non-hydrogen) atoms. The Balaban J connectivity index is 2.42. The van der Waals surface area contributed by atoms with Crippen LogP contribution in [0.25, 0.3) is 11.1 Å². The van der Waals surface area contributed by atoms with E-state index in [1.165, 1.54) is 12.1 Å². The Hall–Kier alpha value is -1.70. The van der Waals surface area contributed by atoms with Crippen LogP contribution in [-0.4, -0.2) is 16.8 Å². The molecule has 1 aliphatic heterocycles. The molecule has 0 aliphatic carbocycles. The van der Waals surface area contributed by atoms with E-state index in [2.05, 4.69) is 0 Å². The summed E-state index contributed by atoms with van der Waals surface area (Å²) in [6.07, 6.45) is 0. The first-order chi connectivity index (χ1) is 8.92. The molecule has 0 aromatic heterocycles. The fraction of sp³-hybridized carbons (Fsp3) is 0. The monoisotopic (exact) mass is 295 g/mol. The predicted octanol–water partition coefficient (Wildman–Crippen LogP) is 1.33. The van der Waals surface area contributed by atoms with Crippen LogP contribution in [0.4, 0.5) is 0 Å². The second-order valence-corrected chi connectivity index (χ2v) is 7.62. The van der Waals surface area contributed by atoms with Crippen LogP contribution in [-0.2, 0) is 20.0 Å². The molecule has 0 bridgehead atoms. The first kappa shape index (κ1) is 12.3. The van der Waals surface area contributed by atoms with Crippen molar-refractivity contribution in [3.05, 3.63) is 48.5 Å². The second-order valence-electron chi connectivity index (χ2n) is 4.09. The summed E-state index contributed by atoms with van der Waals surface area (Å²) in [6.45, 7) is 0. The number of hydrogen-bond acceptors (Lipinski definition) is 4. The van der Waals surface area contributed by atoms with Gasteiger partial charge in [0.25, 0.3) is 20.0 Å². The summed E-state index contributed by atoms with van der Waals surface area (Å²) in [7, 11) is -8.01. The van der Waals surface area contributed by atoms with E-state index in [4.69, 9.17) is 0 Å². The van der Waals surface area contributed by atoms with Crippen molar-refractivity contribution in [2.24, 2.45) is 0 Å². The van der Waals surface area contributed by atoms with Crippen molar-refractivity contribution in [2.75, 3.05) is 0 Å². The fourth-order valence-corrected chi connectivity index (χ4v) is 6.01. The van der Waals surface area contributed by atoms with E-state index in [0.29, 0.717) is 11.1 Å². The van der Waals surface area contributed by atoms with Gasteiger partial charge in [-0.2, -0.15) is 0 Å².